The number of piperidine rings is 1. The number of amides is 1. The molecule has 0 atom stereocenters. The fourth-order valence-corrected chi connectivity index (χ4v) is 3.02. The van der Waals surface area contributed by atoms with E-state index in [9.17, 15) is 4.79 Å². The summed E-state index contributed by atoms with van der Waals surface area (Å²) in [6, 6.07) is 11.6. The van der Waals surface area contributed by atoms with E-state index in [-0.39, 0.29) is 5.91 Å². The minimum Gasteiger partial charge on any atom is -0.383 e. The average molecular weight is 354 g/mol. The standard InChI is InChI=1S/C20H26N4O2/c1-26-14-11-21-19-10-5-16(15-22-19)20(25)23-17-6-8-18(9-7-17)24-12-3-2-4-13-24/h5-10,15H,2-4,11-14H2,1H3,(H,21,22)(H,23,25). The molecular weight excluding hydrogens is 328 g/mol. The number of anilines is 3. The van der Waals surface area contributed by atoms with Gasteiger partial charge in [0.15, 0.2) is 0 Å². The molecule has 2 N–H and O–H groups in total. The molecule has 3 rings (SSSR count). The summed E-state index contributed by atoms with van der Waals surface area (Å²) in [4.78, 5) is 19.0. The van der Waals surface area contributed by atoms with E-state index in [0.29, 0.717) is 18.7 Å². The predicted molar refractivity (Wildman–Crippen MR) is 105 cm³/mol. The minimum absolute atomic E-state index is 0.160. The van der Waals surface area contributed by atoms with Gasteiger partial charge in [0.05, 0.1) is 12.2 Å². The van der Waals surface area contributed by atoms with Crippen LogP contribution in [-0.2, 0) is 4.74 Å². The summed E-state index contributed by atoms with van der Waals surface area (Å²) in [7, 11) is 1.65. The number of nitrogens with zero attached hydrogens (tertiary/aromatic N) is 2. The fraction of sp³-hybridized carbons (Fsp3) is 0.400. The summed E-state index contributed by atoms with van der Waals surface area (Å²) in [5, 5.41) is 6.05. The van der Waals surface area contributed by atoms with Crippen molar-refractivity contribution in [3.05, 3.63) is 48.2 Å². The molecule has 2 heterocycles. The van der Waals surface area contributed by atoms with Crippen LogP contribution in [0.3, 0.4) is 0 Å². The largest absolute Gasteiger partial charge is 0.383 e. The van der Waals surface area contributed by atoms with Crippen LogP contribution in [0.15, 0.2) is 42.6 Å². The summed E-state index contributed by atoms with van der Waals surface area (Å²) in [5.41, 5.74) is 2.54. The number of aromatic nitrogens is 1. The van der Waals surface area contributed by atoms with Gasteiger partial charge < -0.3 is 20.3 Å². The van der Waals surface area contributed by atoms with Gasteiger partial charge in [0.1, 0.15) is 5.82 Å². The molecule has 6 heteroatoms. The van der Waals surface area contributed by atoms with Crippen molar-refractivity contribution in [3.63, 3.8) is 0 Å². The lowest BCUT2D eigenvalue weighted by Gasteiger charge is -2.28. The molecule has 1 aliphatic heterocycles. The first-order valence-electron chi connectivity index (χ1n) is 9.11. The molecule has 0 aliphatic carbocycles. The maximum Gasteiger partial charge on any atom is 0.257 e. The van der Waals surface area contributed by atoms with Crippen LogP contribution in [0.25, 0.3) is 0 Å². The van der Waals surface area contributed by atoms with E-state index in [1.54, 1.807) is 25.4 Å². The van der Waals surface area contributed by atoms with E-state index in [1.165, 1.54) is 24.9 Å². The Morgan fingerprint density at radius 3 is 2.54 bits per heavy atom. The molecule has 1 saturated heterocycles. The highest BCUT2D eigenvalue weighted by Crippen LogP contribution is 2.22. The molecule has 2 aromatic rings. The third kappa shape index (κ3) is 4.95. The van der Waals surface area contributed by atoms with E-state index >= 15 is 0 Å². The highest BCUT2D eigenvalue weighted by Gasteiger charge is 2.11. The van der Waals surface area contributed by atoms with Gasteiger partial charge in [-0.15, -0.1) is 0 Å². The lowest BCUT2D eigenvalue weighted by atomic mass is 10.1. The third-order valence-corrected chi connectivity index (χ3v) is 4.48. The number of ether oxygens (including phenoxy) is 1. The Hall–Kier alpha value is -2.60. The molecule has 0 spiro atoms. The van der Waals surface area contributed by atoms with E-state index in [1.807, 2.05) is 12.1 Å². The van der Waals surface area contributed by atoms with Gasteiger partial charge in [0.25, 0.3) is 5.91 Å². The third-order valence-electron chi connectivity index (χ3n) is 4.48. The predicted octanol–water partition coefficient (Wildman–Crippen LogP) is 3.38. The van der Waals surface area contributed by atoms with Crippen LogP contribution in [0.5, 0.6) is 0 Å². The van der Waals surface area contributed by atoms with Crippen LogP contribution >= 0.6 is 0 Å². The smallest absolute Gasteiger partial charge is 0.257 e. The zero-order chi connectivity index (χ0) is 18.2. The number of hydrogen-bond donors (Lipinski definition) is 2. The zero-order valence-electron chi connectivity index (χ0n) is 15.2. The molecule has 1 fully saturated rings. The zero-order valence-corrected chi connectivity index (χ0v) is 15.2. The summed E-state index contributed by atoms with van der Waals surface area (Å²) in [6.07, 6.45) is 5.40. The van der Waals surface area contributed by atoms with Crippen molar-refractivity contribution in [1.29, 1.82) is 0 Å². The van der Waals surface area contributed by atoms with Crippen LogP contribution in [0.2, 0.25) is 0 Å². The maximum atomic E-state index is 12.4. The number of carbonyl (C=O) groups is 1. The minimum atomic E-state index is -0.160. The van der Waals surface area contributed by atoms with Crippen LogP contribution < -0.4 is 15.5 Å². The molecule has 1 amide bonds. The molecule has 26 heavy (non-hydrogen) atoms. The van der Waals surface area contributed by atoms with Crippen molar-refractivity contribution >= 4 is 23.1 Å². The molecule has 1 aromatic heterocycles. The quantitative estimate of drug-likeness (QED) is 0.746. The van der Waals surface area contributed by atoms with Gasteiger partial charge in [-0.2, -0.15) is 0 Å². The van der Waals surface area contributed by atoms with Gasteiger partial charge in [0.2, 0.25) is 0 Å². The number of rotatable bonds is 7. The van der Waals surface area contributed by atoms with Crippen LogP contribution in [-0.4, -0.2) is 44.2 Å². The molecule has 0 radical (unpaired) electrons. The topological polar surface area (TPSA) is 66.5 Å². The molecule has 1 aliphatic rings. The van der Waals surface area contributed by atoms with E-state index in [4.69, 9.17) is 4.74 Å². The van der Waals surface area contributed by atoms with Crippen LogP contribution in [0, 0.1) is 0 Å². The van der Waals surface area contributed by atoms with Crippen LogP contribution in [0.4, 0.5) is 17.2 Å². The second-order valence-electron chi connectivity index (χ2n) is 6.40. The SMILES string of the molecule is COCCNc1ccc(C(=O)Nc2ccc(N3CCCCC3)cc2)cn1. The molecule has 0 saturated carbocycles. The number of nitrogens with one attached hydrogen (secondary N) is 2. The molecule has 138 valence electrons. The number of benzene rings is 1. The first kappa shape index (κ1) is 18.2. The van der Waals surface area contributed by atoms with Crippen molar-refractivity contribution in [3.8, 4) is 0 Å². The lowest BCUT2D eigenvalue weighted by Crippen LogP contribution is -2.29. The van der Waals surface area contributed by atoms with Crippen molar-refractivity contribution in [2.75, 3.05) is 48.9 Å². The van der Waals surface area contributed by atoms with E-state index in [0.717, 1.165) is 24.6 Å². The van der Waals surface area contributed by atoms with E-state index in [2.05, 4.69) is 32.7 Å². The Balaban J connectivity index is 1.55. The lowest BCUT2D eigenvalue weighted by molar-refractivity contribution is 0.102. The van der Waals surface area contributed by atoms with Gasteiger partial charge in [-0.1, -0.05) is 0 Å². The van der Waals surface area contributed by atoms with Gasteiger partial charge in [-0.25, -0.2) is 4.98 Å². The Labute approximate surface area is 154 Å². The van der Waals surface area contributed by atoms with E-state index < -0.39 is 0 Å². The molecule has 0 unspecified atom stereocenters. The number of methoxy groups -OCH3 is 1. The normalized spacial score (nSPS) is 14.1. The van der Waals surface area contributed by atoms with Crippen molar-refractivity contribution in [1.82, 2.24) is 4.98 Å². The Bertz CT molecular complexity index is 695. The Kier molecular flexibility index (Phi) is 6.44. The molecule has 1 aromatic carbocycles. The first-order valence-corrected chi connectivity index (χ1v) is 9.11. The van der Waals surface area contributed by atoms with Gasteiger partial charge in [-0.3, -0.25) is 4.79 Å². The van der Waals surface area contributed by atoms with Crippen molar-refractivity contribution in [2.45, 2.75) is 19.3 Å². The van der Waals surface area contributed by atoms with Crippen molar-refractivity contribution < 1.29 is 9.53 Å². The summed E-state index contributed by atoms with van der Waals surface area (Å²) in [5.74, 6) is 0.566. The first-order chi connectivity index (χ1) is 12.8. The van der Waals surface area contributed by atoms with Gasteiger partial charge >= 0.3 is 0 Å². The van der Waals surface area contributed by atoms with Crippen LogP contribution in [0.1, 0.15) is 29.6 Å². The highest BCUT2D eigenvalue weighted by molar-refractivity contribution is 6.04. The maximum absolute atomic E-state index is 12.4. The second kappa shape index (κ2) is 9.20. The monoisotopic (exact) mass is 354 g/mol. The molecule has 6 nitrogen and oxygen atoms in total. The number of carbonyl (C=O) groups excluding carboxylic acids is 1. The number of pyridine rings is 1. The summed E-state index contributed by atoms with van der Waals surface area (Å²) < 4.78 is 4.98. The fourth-order valence-electron chi connectivity index (χ4n) is 3.02. The number of hydrogen-bond acceptors (Lipinski definition) is 5. The Morgan fingerprint density at radius 1 is 1.12 bits per heavy atom. The van der Waals surface area contributed by atoms with Gasteiger partial charge in [-0.05, 0) is 55.7 Å². The average Bonchev–Trinajstić information content (AvgIpc) is 2.70. The second-order valence-corrected chi connectivity index (χ2v) is 6.40. The highest BCUT2D eigenvalue weighted by atomic mass is 16.5. The molecular formula is C20H26N4O2. The van der Waals surface area contributed by atoms with Crippen molar-refractivity contribution in [2.24, 2.45) is 0 Å². The Morgan fingerprint density at radius 2 is 1.88 bits per heavy atom. The molecule has 0 bridgehead atoms. The van der Waals surface area contributed by atoms with Gasteiger partial charge in [0, 0.05) is 44.3 Å². The summed E-state index contributed by atoms with van der Waals surface area (Å²) in [6.45, 7) is 3.51. The summed E-state index contributed by atoms with van der Waals surface area (Å²) >= 11 is 0.